The topological polar surface area (TPSA) is 147 Å². The first-order chi connectivity index (χ1) is 20.0. The second kappa shape index (κ2) is 15.0. The first kappa shape index (κ1) is 29.8. The van der Waals surface area contributed by atoms with E-state index in [1.807, 2.05) is 54.6 Å². The number of amides is 3. The Morgan fingerprint density at radius 1 is 0.976 bits per heavy atom. The summed E-state index contributed by atoms with van der Waals surface area (Å²) in [6.07, 6.45) is 3.73. The number of carbonyl (C=O) groups is 4. The molecule has 41 heavy (non-hydrogen) atoms. The molecule has 1 aliphatic rings. The summed E-state index contributed by atoms with van der Waals surface area (Å²) in [7, 11) is 0. The van der Waals surface area contributed by atoms with Crippen molar-refractivity contribution in [3.63, 3.8) is 0 Å². The Morgan fingerprint density at radius 2 is 1.76 bits per heavy atom. The van der Waals surface area contributed by atoms with Crippen LogP contribution in [0.3, 0.4) is 0 Å². The summed E-state index contributed by atoms with van der Waals surface area (Å²) in [5, 5.41) is 18.3. The lowest BCUT2D eigenvalue weighted by Gasteiger charge is -2.32. The van der Waals surface area contributed by atoms with Gasteiger partial charge in [0, 0.05) is 48.0 Å². The summed E-state index contributed by atoms with van der Waals surface area (Å²) in [5.74, 6) is -2.53. The first-order valence-corrected chi connectivity index (χ1v) is 13.9. The van der Waals surface area contributed by atoms with Crippen LogP contribution in [0.4, 0.5) is 5.69 Å². The van der Waals surface area contributed by atoms with E-state index in [0.717, 1.165) is 22.8 Å². The number of aldehydes is 1. The number of hydrogen-bond donors (Lipinski definition) is 4. The maximum Gasteiger partial charge on any atom is 0.247 e. The zero-order valence-electron chi connectivity index (χ0n) is 22.8. The highest BCUT2D eigenvalue weighted by Gasteiger charge is 2.37. The van der Waals surface area contributed by atoms with E-state index in [-0.39, 0.29) is 56.9 Å². The van der Waals surface area contributed by atoms with Crippen molar-refractivity contribution in [3.05, 3.63) is 72.4 Å². The van der Waals surface area contributed by atoms with E-state index >= 15 is 0 Å². The van der Waals surface area contributed by atoms with E-state index in [4.69, 9.17) is 9.84 Å². The number of carbonyl (C=O) groups excluding carboxylic acids is 4. The second-order valence-electron chi connectivity index (χ2n) is 10.3. The van der Waals surface area contributed by atoms with Crippen molar-refractivity contribution in [2.45, 2.75) is 31.7 Å². The molecule has 3 amide bonds. The Labute approximate surface area is 238 Å². The molecule has 0 aliphatic heterocycles. The average molecular weight is 561 g/mol. The van der Waals surface area contributed by atoms with Gasteiger partial charge in [0.25, 0.3) is 0 Å². The van der Waals surface area contributed by atoms with Crippen LogP contribution < -0.4 is 16.0 Å². The number of aliphatic hydroxyl groups excluding tert-OH is 1. The molecule has 10 heteroatoms. The maximum atomic E-state index is 13.5. The monoisotopic (exact) mass is 560 g/mol. The van der Waals surface area contributed by atoms with Crippen LogP contribution in [0, 0.1) is 17.8 Å². The number of pyridine rings is 1. The standard InChI is InChI=1S/C31H36N4O6/c36-12-14-41-13-11-33-29(38)24-15-22(20-37)16-25(18-24)30(39)35-28(17-21-5-2-1-3-6-21)31(40)34-26-8-9-27-23(19-26)7-4-10-32-27/h1-10,19-20,22,24-25,28,36H,11-18H2,(H,33,38)(H,34,40)(H,35,39)/t22-,24+,25-,28-/m0/s1. The number of hydrogen-bond acceptors (Lipinski definition) is 7. The van der Waals surface area contributed by atoms with Crippen LogP contribution in [-0.2, 0) is 30.3 Å². The fraction of sp³-hybridized carbons (Fsp3) is 0.387. The van der Waals surface area contributed by atoms with Crippen LogP contribution in [-0.4, -0.2) is 66.5 Å². The van der Waals surface area contributed by atoms with Gasteiger partial charge in [0.05, 0.1) is 25.3 Å². The number of nitrogens with one attached hydrogen (secondary N) is 3. The molecule has 3 aromatic rings. The van der Waals surface area contributed by atoms with E-state index in [1.165, 1.54) is 0 Å². The quantitative estimate of drug-likeness (QED) is 0.185. The minimum atomic E-state index is -0.873. The van der Waals surface area contributed by atoms with Crippen LogP contribution in [0.5, 0.6) is 0 Å². The molecule has 4 N–H and O–H groups in total. The third kappa shape index (κ3) is 8.67. The van der Waals surface area contributed by atoms with Crippen molar-refractivity contribution in [2.24, 2.45) is 17.8 Å². The summed E-state index contributed by atoms with van der Waals surface area (Å²) in [6.45, 7) is 0.605. The maximum absolute atomic E-state index is 13.5. The van der Waals surface area contributed by atoms with Crippen LogP contribution >= 0.6 is 0 Å². The summed E-state index contributed by atoms with van der Waals surface area (Å²) in [6, 6.07) is 17.7. The lowest BCUT2D eigenvalue weighted by molar-refractivity contribution is -0.134. The van der Waals surface area contributed by atoms with E-state index < -0.39 is 23.8 Å². The van der Waals surface area contributed by atoms with Crippen LogP contribution in [0.1, 0.15) is 24.8 Å². The SMILES string of the molecule is O=C[C@H]1C[C@@H](C(=O)NCCOCCO)C[C@@H](C(=O)N[C@@H](Cc2ccccc2)C(=O)Nc2ccc3ncccc3c2)C1. The molecule has 1 aromatic heterocycles. The highest BCUT2D eigenvalue weighted by atomic mass is 16.5. The van der Waals surface area contributed by atoms with Gasteiger partial charge in [0.2, 0.25) is 17.7 Å². The summed E-state index contributed by atoms with van der Waals surface area (Å²) in [4.78, 5) is 55.8. The van der Waals surface area contributed by atoms with Gasteiger partial charge in [-0.2, -0.15) is 0 Å². The zero-order valence-corrected chi connectivity index (χ0v) is 22.8. The molecule has 216 valence electrons. The summed E-state index contributed by atoms with van der Waals surface area (Å²) < 4.78 is 5.17. The number of rotatable bonds is 13. The van der Waals surface area contributed by atoms with Crippen molar-refractivity contribution in [1.82, 2.24) is 15.6 Å². The predicted octanol–water partition coefficient (Wildman–Crippen LogP) is 2.26. The van der Waals surface area contributed by atoms with Crippen molar-refractivity contribution in [1.29, 1.82) is 0 Å². The number of fused-ring (bicyclic) bond motifs is 1. The molecule has 4 atom stereocenters. The third-order valence-corrected chi connectivity index (χ3v) is 7.25. The first-order valence-electron chi connectivity index (χ1n) is 13.9. The van der Waals surface area contributed by atoms with Gasteiger partial charge in [-0.25, -0.2) is 0 Å². The second-order valence-corrected chi connectivity index (χ2v) is 10.3. The molecule has 0 radical (unpaired) electrons. The zero-order chi connectivity index (χ0) is 29.0. The molecule has 0 bridgehead atoms. The number of benzene rings is 2. The van der Waals surface area contributed by atoms with Gasteiger partial charge in [0.15, 0.2) is 0 Å². The number of aliphatic hydroxyl groups is 1. The lowest BCUT2D eigenvalue weighted by atomic mass is 9.75. The van der Waals surface area contributed by atoms with Crippen molar-refractivity contribution >= 4 is 40.6 Å². The lowest BCUT2D eigenvalue weighted by Crippen LogP contribution is -2.49. The molecule has 10 nitrogen and oxygen atoms in total. The minimum absolute atomic E-state index is 0.0998. The van der Waals surface area contributed by atoms with Gasteiger partial charge in [-0.1, -0.05) is 36.4 Å². The van der Waals surface area contributed by atoms with Crippen LogP contribution in [0.2, 0.25) is 0 Å². The number of aromatic nitrogens is 1. The van der Waals surface area contributed by atoms with Crippen molar-refractivity contribution < 1.29 is 29.0 Å². The molecule has 0 unspecified atom stereocenters. The van der Waals surface area contributed by atoms with Gasteiger partial charge >= 0.3 is 0 Å². The van der Waals surface area contributed by atoms with Crippen LogP contribution in [0.15, 0.2) is 66.9 Å². The number of nitrogens with zero attached hydrogens (tertiary/aromatic N) is 1. The molecule has 0 spiro atoms. The van der Waals surface area contributed by atoms with E-state index in [2.05, 4.69) is 20.9 Å². The normalized spacial score (nSPS) is 19.2. The van der Waals surface area contributed by atoms with Gasteiger partial charge in [-0.15, -0.1) is 0 Å². The molecule has 0 saturated heterocycles. The minimum Gasteiger partial charge on any atom is -0.394 e. The predicted molar refractivity (Wildman–Crippen MR) is 154 cm³/mol. The Morgan fingerprint density at radius 3 is 2.51 bits per heavy atom. The fourth-order valence-electron chi connectivity index (χ4n) is 5.19. The molecule has 2 aromatic carbocycles. The molecule has 4 rings (SSSR count). The molecule has 1 fully saturated rings. The molecule has 1 saturated carbocycles. The average Bonchev–Trinajstić information content (AvgIpc) is 3.00. The Bertz CT molecular complexity index is 1330. The largest absolute Gasteiger partial charge is 0.394 e. The Kier molecular flexibility index (Phi) is 10.9. The molecule has 1 heterocycles. The van der Waals surface area contributed by atoms with E-state index in [9.17, 15) is 19.2 Å². The van der Waals surface area contributed by atoms with E-state index in [1.54, 1.807) is 12.3 Å². The fourth-order valence-corrected chi connectivity index (χ4v) is 5.19. The molecule has 1 aliphatic carbocycles. The molecular weight excluding hydrogens is 524 g/mol. The highest BCUT2D eigenvalue weighted by molar-refractivity contribution is 5.99. The van der Waals surface area contributed by atoms with Gasteiger partial charge in [0.1, 0.15) is 12.3 Å². The molecular formula is C31H36N4O6. The third-order valence-electron chi connectivity index (χ3n) is 7.25. The van der Waals surface area contributed by atoms with Gasteiger partial charge in [-0.3, -0.25) is 19.4 Å². The van der Waals surface area contributed by atoms with Gasteiger partial charge in [-0.05, 0) is 49.1 Å². The highest BCUT2D eigenvalue weighted by Crippen LogP contribution is 2.33. The number of anilines is 1. The van der Waals surface area contributed by atoms with E-state index in [0.29, 0.717) is 18.5 Å². The smallest absolute Gasteiger partial charge is 0.247 e. The number of ether oxygens (including phenoxy) is 1. The summed E-state index contributed by atoms with van der Waals surface area (Å²) >= 11 is 0. The Hall–Kier alpha value is -4.15. The Balaban J connectivity index is 1.44. The van der Waals surface area contributed by atoms with Gasteiger partial charge < -0.3 is 30.6 Å². The van der Waals surface area contributed by atoms with Crippen molar-refractivity contribution in [2.75, 3.05) is 31.7 Å². The van der Waals surface area contributed by atoms with Crippen LogP contribution in [0.25, 0.3) is 10.9 Å². The van der Waals surface area contributed by atoms with Crippen molar-refractivity contribution in [3.8, 4) is 0 Å². The summed E-state index contributed by atoms with van der Waals surface area (Å²) in [5.41, 5.74) is 2.27.